The Hall–Kier alpha value is -1.03. The average Bonchev–Trinajstić information content (AvgIpc) is 2.32. The van der Waals surface area contributed by atoms with Gasteiger partial charge in [0.15, 0.2) is 0 Å². The van der Waals surface area contributed by atoms with Gasteiger partial charge in [0, 0.05) is 28.8 Å². The van der Waals surface area contributed by atoms with Crippen molar-refractivity contribution in [3.05, 3.63) is 28.2 Å². The highest BCUT2D eigenvalue weighted by Gasteiger charge is 2.23. The number of halogens is 1. The van der Waals surface area contributed by atoms with E-state index in [9.17, 15) is 0 Å². The van der Waals surface area contributed by atoms with Crippen LogP contribution >= 0.6 is 15.9 Å². The third-order valence-corrected chi connectivity index (χ3v) is 4.60. The number of amidine groups is 1. The second-order valence-corrected chi connectivity index (χ2v) is 6.12. The van der Waals surface area contributed by atoms with Gasteiger partial charge in [-0.15, -0.1) is 0 Å². The fourth-order valence-electron chi connectivity index (χ4n) is 2.42. The van der Waals surface area contributed by atoms with E-state index < -0.39 is 0 Å². The van der Waals surface area contributed by atoms with Crippen LogP contribution in [0.3, 0.4) is 0 Å². The molecule has 18 heavy (non-hydrogen) atoms. The van der Waals surface area contributed by atoms with Gasteiger partial charge in [-0.2, -0.15) is 0 Å². The molecule has 1 aliphatic rings. The van der Waals surface area contributed by atoms with Gasteiger partial charge in [-0.3, -0.25) is 5.41 Å². The van der Waals surface area contributed by atoms with Gasteiger partial charge in [0.05, 0.1) is 0 Å². The Morgan fingerprint density at radius 2 is 2.11 bits per heavy atom. The molecule has 98 valence electrons. The largest absolute Gasteiger partial charge is 0.384 e. The third kappa shape index (κ3) is 2.69. The smallest absolute Gasteiger partial charge is 0.123 e. The lowest BCUT2D eigenvalue weighted by atomic mass is 9.88. The van der Waals surface area contributed by atoms with Crippen molar-refractivity contribution in [3.63, 3.8) is 0 Å². The molecule has 3 N–H and O–H groups in total. The highest BCUT2D eigenvalue weighted by Crippen LogP contribution is 2.29. The quantitative estimate of drug-likeness (QED) is 0.651. The minimum atomic E-state index is 0.106. The van der Waals surface area contributed by atoms with E-state index in [0.29, 0.717) is 0 Å². The van der Waals surface area contributed by atoms with Crippen LogP contribution in [0.5, 0.6) is 0 Å². The molecule has 4 heteroatoms. The van der Waals surface area contributed by atoms with Crippen LogP contribution in [0.4, 0.5) is 5.69 Å². The molecule has 2 rings (SSSR count). The first-order valence-corrected chi connectivity index (χ1v) is 7.17. The summed E-state index contributed by atoms with van der Waals surface area (Å²) in [5.74, 6) is 1.64. The number of hydrogen-bond donors (Lipinski definition) is 2. The predicted molar refractivity (Wildman–Crippen MR) is 80.3 cm³/mol. The SMILES string of the molecule is CC1CCN(c2ccc(C(=N)N)c(Br)c2)CC1C. The van der Waals surface area contributed by atoms with Crippen molar-refractivity contribution >= 4 is 27.5 Å². The van der Waals surface area contributed by atoms with E-state index in [2.05, 4.69) is 46.8 Å². The third-order valence-electron chi connectivity index (χ3n) is 3.94. The highest BCUT2D eigenvalue weighted by atomic mass is 79.9. The van der Waals surface area contributed by atoms with E-state index in [1.807, 2.05) is 6.07 Å². The van der Waals surface area contributed by atoms with Gasteiger partial charge in [0.2, 0.25) is 0 Å². The van der Waals surface area contributed by atoms with Crippen LogP contribution in [0.25, 0.3) is 0 Å². The summed E-state index contributed by atoms with van der Waals surface area (Å²) in [4.78, 5) is 2.42. The maximum absolute atomic E-state index is 7.48. The van der Waals surface area contributed by atoms with Crippen molar-refractivity contribution in [2.75, 3.05) is 18.0 Å². The summed E-state index contributed by atoms with van der Waals surface area (Å²) in [6.45, 7) is 6.86. The van der Waals surface area contributed by atoms with Gasteiger partial charge < -0.3 is 10.6 Å². The zero-order valence-electron chi connectivity index (χ0n) is 10.9. The first-order valence-electron chi connectivity index (χ1n) is 6.38. The summed E-state index contributed by atoms with van der Waals surface area (Å²) in [7, 11) is 0. The Morgan fingerprint density at radius 1 is 1.39 bits per heavy atom. The molecule has 2 atom stereocenters. The zero-order chi connectivity index (χ0) is 13.3. The molecule has 0 bridgehead atoms. The van der Waals surface area contributed by atoms with Crippen LogP contribution in [-0.2, 0) is 0 Å². The van der Waals surface area contributed by atoms with Crippen molar-refractivity contribution in [2.24, 2.45) is 17.6 Å². The molecule has 1 heterocycles. The summed E-state index contributed by atoms with van der Waals surface area (Å²) in [6.07, 6.45) is 1.24. The second-order valence-electron chi connectivity index (χ2n) is 5.27. The van der Waals surface area contributed by atoms with Crippen LogP contribution < -0.4 is 10.6 Å². The predicted octanol–water partition coefficient (Wildman–Crippen LogP) is 3.22. The lowest BCUT2D eigenvalue weighted by Gasteiger charge is -2.37. The topological polar surface area (TPSA) is 53.1 Å². The van der Waals surface area contributed by atoms with Crippen LogP contribution in [0, 0.1) is 17.2 Å². The van der Waals surface area contributed by atoms with Crippen molar-refractivity contribution < 1.29 is 0 Å². The number of benzene rings is 1. The molecule has 3 nitrogen and oxygen atoms in total. The second kappa shape index (κ2) is 5.31. The molecule has 0 saturated carbocycles. The van der Waals surface area contributed by atoms with E-state index >= 15 is 0 Å². The summed E-state index contributed by atoms with van der Waals surface area (Å²) in [5.41, 5.74) is 7.50. The molecule has 2 unspecified atom stereocenters. The van der Waals surface area contributed by atoms with Gasteiger partial charge in [-0.1, -0.05) is 13.8 Å². The Bertz CT molecular complexity index is 458. The average molecular weight is 310 g/mol. The maximum Gasteiger partial charge on any atom is 0.123 e. The van der Waals surface area contributed by atoms with Gasteiger partial charge in [-0.25, -0.2) is 0 Å². The molecule has 1 aromatic carbocycles. The van der Waals surface area contributed by atoms with Gasteiger partial charge in [0.25, 0.3) is 0 Å². The number of piperidine rings is 1. The number of nitrogens with one attached hydrogen (secondary N) is 1. The molecule has 0 aromatic heterocycles. The minimum Gasteiger partial charge on any atom is -0.384 e. The standard InChI is InChI=1S/C14H20BrN3/c1-9-5-6-18(8-10(9)2)11-3-4-12(14(16)17)13(15)7-11/h3-4,7,9-10H,5-6,8H2,1-2H3,(H3,16,17). The van der Waals surface area contributed by atoms with Crippen molar-refractivity contribution in [1.82, 2.24) is 0 Å². The van der Waals surface area contributed by atoms with E-state index in [0.717, 1.165) is 35.0 Å². The number of nitrogens with zero attached hydrogens (tertiary/aromatic N) is 1. The number of nitrogens with two attached hydrogens (primary N) is 1. The van der Waals surface area contributed by atoms with Gasteiger partial charge in [0.1, 0.15) is 5.84 Å². The zero-order valence-corrected chi connectivity index (χ0v) is 12.5. The molecule has 0 aliphatic carbocycles. The highest BCUT2D eigenvalue weighted by molar-refractivity contribution is 9.10. The summed E-state index contributed by atoms with van der Waals surface area (Å²) >= 11 is 3.49. The summed E-state index contributed by atoms with van der Waals surface area (Å²) in [5, 5.41) is 7.48. The lowest BCUT2D eigenvalue weighted by Crippen LogP contribution is -2.38. The van der Waals surface area contributed by atoms with Gasteiger partial charge >= 0.3 is 0 Å². The summed E-state index contributed by atoms with van der Waals surface area (Å²) < 4.78 is 0.902. The van der Waals surface area contributed by atoms with E-state index in [1.54, 1.807) is 0 Å². The molecular formula is C14H20BrN3. The fourth-order valence-corrected chi connectivity index (χ4v) is 3.00. The Balaban J connectivity index is 2.19. The Morgan fingerprint density at radius 3 is 2.67 bits per heavy atom. The van der Waals surface area contributed by atoms with E-state index in [1.165, 1.54) is 12.1 Å². The molecule has 1 aliphatic heterocycles. The first-order chi connectivity index (χ1) is 8.49. The lowest BCUT2D eigenvalue weighted by molar-refractivity contribution is 0.324. The Labute approximate surface area is 117 Å². The molecule has 0 spiro atoms. The van der Waals surface area contributed by atoms with Crippen LogP contribution in [0.2, 0.25) is 0 Å². The van der Waals surface area contributed by atoms with Crippen molar-refractivity contribution in [3.8, 4) is 0 Å². The molecule has 1 saturated heterocycles. The number of hydrogen-bond acceptors (Lipinski definition) is 2. The summed E-state index contributed by atoms with van der Waals surface area (Å²) in [6, 6.07) is 6.05. The molecule has 1 fully saturated rings. The fraction of sp³-hybridized carbons (Fsp3) is 0.500. The molecule has 1 aromatic rings. The van der Waals surface area contributed by atoms with Crippen LogP contribution in [-0.4, -0.2) is 18.9 Å². The van der Waals surface area contributed by atoms with Crippen LogP contribution in [0.15, 0.2) is 22.7 Å². The molecule has 0 amide bonds. The first kappa shape index (κ1) is 13.4. The van der Waals surface area contributed by atoms with E-state index in [4.69, 9.17) is 11.1 Å². The molecule has 0 radical (unpaired) electrons. The van der Waals surface area contributed by atoms with Crippen molar-refractivity contribution in [2.45, 2.75) is 20.3 Å². The number of anilines is 1. The van der Waals surface area contributed by atoms with Gasteiger partial charge in [-0.05, 0) is 52.4 Å². The van der Waals surface area contributed by atoms with E-state index in [-0.39, 0.29) is 5.84 Å². The minimum absolute atomic E-state index is 0.106. The van der Waals surface area contributed by atoms with Crippen LogP contribution in [0.1, 0.15) is 25.8 Å². The number of rotatable bonds is 2. The Kier molecular flexibility index (Phi) is 3.95. The van der Waals surface area contributed by atoms with Crippen molar-refractivity contribution in [1.29, 1.82) is 5.41 Å². The monoisotopic (exact) mass is 309 g/mol. The number of nitrogen functional groups attached to an aromatic ring is 1. The molecular weight excluding hydrogens is 290 g/mol. The normalized spacial score (nSPS) is 24.1. The maximum atomic E-state index is 7.48.